The Balaban J connectivity index is 2.45. The van der Waals surface area contributed by atoms with Crippen molar-refractivity contribution in [2.24, 2.45) is 0 Å². The summed E-state index contributed by atoms with van der Waals surface area (Å²) in [5, 5.41) is 6.56. The van der Waals surface area contributed by atoms with Crippen LogP contribution in [0.2, 0.25) is 0 Å². The molecule has 0 spiro atoms. The van der Waals surface area contributed by atoms with Crippen molar-refractivity contribution in [2.45, 2.75) is 13.0 Å². The number of H-pyrrole nitrogens is 1. The summed E-state index contributed by atoms with van der Waals surface area (Å²) in [5.41, 5.74) is 6.89. The van der Waals surface area contributed by atoms with Gasteiger partial charge in [-0.1, -0.05) is 30.3 Å². The van der Waals surface area contributed by atoms with Gasteiger partial charge < -0.3 is 5.73 Å². The third-order valence-electron chi connectivity index (χ3n) is 2.40. The third-order valence-corrected chi connectivity index (χ3v) is 2.69. The number of hydrogen-bond acceptors (Lipinski definition) is 3. The Bertz CT molecular complexity index is 500. The van der Waals surface area contributed by atoms with Gasteiger partial charge in [0, 0.05) is 0 Å². The smallest absolute Gasteiger partial charge is 0.221 e. The van der Waals surface area contributed by atoms with E-state index in [0.29, 0.717) is 10.7 Å². The molecule has 0 aliphatic rings. The van der Waals surface area contributed by atoms with Crippen LogP contribution in [0.5, 0.6) is 0 Å². The Morgan fingerprint density at radius 2 is 2.07 bits per heavy atom. The van der Waals surface area contributed by atoms with E-state index in [9.17, 15) is 0 Å². The molecule has 0 saturated heterocycles. The van der Waals surface area contributed by atoms with Crippen molar-refractivity contribution in [3.05, 3.63) is 40.7 Å². The molecular weight excluding hydrogens is 208 g/mol. The standard InChI is InChI=1S/C10H12N4S/c1-7(8-5-3-2-4-6-8)14-9(11)12-13-10(14)15/h2-7H,1H3,(H2,11,12)(H,13,15). The van der Waals surface area contributed by atoms with E-state index < -0.39 is 0 Å². The van der Waals surface area contributed by atoms with Gasteiger partial charge in [0.15, 0.2) is 4.77 Å². The minimum atomic E-state index is 0.0949. The molecule has 1 aromatic heterocycles. The number of aromatic amines is 1. The van der Waals surface area contributed by atoms with Gasteiger partial charge in [-0.2, -0.15) is 0 Å². The molecule has 1 aromatic carbocycles. The third kappa shape index (κ3) is 1.78. The van der Waals surface area contributed by atoms with E-state index in [2.05, 4.69) is 10.2 Å². The fraction of sp³-hybridized carbons (Fsp3) is 0.200. The Morgan fingerprint density at radius 3 is 2.60 bits per heavy atom. The van der Waals surface area contributed by atoms with Crippen molar-refractivity contribution >= 4 is 18.2 Å². The van der Waals surface area contributed by atoms with Crippen LogP contribution in [0.4, 0.5) is 5.95 Å². The minimum Gasteiger partial charge on any atom is -0.368 e. The molecule has 2 aromatic rings. The summed E-state index contributed by atoms with van der Waals surface area (Å²) >= 11 is 5.11. The van der Waals surface area contributed by atoms with Gasteiger partial charge in [-0.3, -0.25) is 4.57 Å². The zero-order valence-electron chi connectivity index (χ0n) is 8.34. The van der Waals surface area contributed by atoms with Crippen LogP contribution in [0.3, 0.4) is 0 Å². The maximum atomic E-state index is 5.73. The van der Waals surface area contributed by atoms with Crippen LogP contribution in [0.25, 0.3) is 0 Å². The SMILES string of the molecule is CC(c1ccccc1)n1c(N)n[nH]c1=S. The van der Waals surface area contributed by atoms with Gasteiger partial charge in [0.2, 0.25) is 5.95 Å². The molecule has 5 heteroatoms. The quantitative estimate of drug-likeness (QED) is 0.762. The van der Waals surface area contributed by atoms with Crippen LogP contribution < -0.4 is 5.73 Å². The lowest BCUT2D eigenvalue weighted by Crippen LogP contribution is -2.10. The first-order chi connectivity index (χ1) is 7.20. The number of aromatic nitrogens is 3. The lowest BCUT2D eigenvalue weighted by Gasteiger charge is -2.13. The molecule has 0 aliphatic heterocycles. The van der Waals surface area contributed by atoms with Crippen LogP contribution in [-0.2, 0) is 0 Å². The second-order valence-electron chi connectivity index (χ2n) is 3.34. The molecule has 1 atom stereocenters. The summed E-state index contributed by atoms with van der Waals surface area (Å²) in [6.07, 6.45) is 0. The predicted molar refractivity (Wildman–Crippen MR) is 62.1 cm³/mol. The van der Waals surface area contributed by atoms with Crippen molar-refractivity contribution < 1.29 is 0 Å². The van der Waals surface area contributed by atoms with E-state index >= 15 is 0 Å². The maximum absolute atomic E-state index is 5.73. The number of rotatable bonds is 2. The van der Waals surface area contributed by atoms with Gasteiger partial charge in [-0.15, -0.1) is 5.10 Å². The number of anilines is 1. The van der Waals surface area contributed by atoms with Gasteiger partial charge in [-0.25, -0.2) is 5.10 Å². The minimum absolute atomic E-state index is 0.0949. The van der Waals surface area contributed by atoms with Crippen molar-refractivity contribution in [2.75, 3.05) is 5.73 Å². The number of nitrogens with two attached hydrogens (primary N) is 1. The number of nitrogens with one attached hydrogen (secondary N) is 1. The molecule has 15 heavy (non-hydrogen) atoms. The summed E-state index contributed by atoms with van der Waals surface area (Å²) in [6.45, 7) is 2.04. The fourth-order valence-corrected chi connectivity index (χ4v) is 1.87. The van der Waals surface area contributed by atoms with Gasteiger partial charge >= 0.3 is 0 Å². The molecule has 0 bridgehead atoms. The largest absolute Gasteiger partial charge is 0.368 e. The topological polar surface area (TPSA) is 59.6 Å². The number of nitrogens with zero attached hydrogens (tertiary/aromatic N) is 2. The summed E-state index contributed by atoms with van der Waals surface area (Å²) in [6, 6.07) is 10.1. The fourth-order valence-electron chi connectivity index (χ4n) is 1.57. The average molecular weight is 220 g/mol. The van der Waals surface area contributed by atoms with E-state index in [1.54, 1.807) is 4.57 Å². The molecule has 0 aliphatic carbocycles. The molecule has 78 valence electrons. The molecule has 1 unspecified atom stereocenters. The number of benzene rings is 1. The molecule has 2 rings (SSSR count). The summed E-state index contributed by atoms with van der Waals surface area (Å²) < 4.78 is 2.34. The first kappa shape index (κ1) is 9.92. The average Bonchev–Trinajstić information content (AvgIpc) is 2.59. The number of hydrogen-bond donors (Lipinski definition) is 2. The van der Waals surface area contributed by atoms with E-state index in [1.807, 2.05) is 37.3 Å². The van der Waals surface area contributed by atoms with Gasteiger partial charge in [-0.05, 0) is 24.7 Å². The number of nitrogen functional groups attached to an aromatic ring is 1. The van der Waals surface area contributed by atoms with E-state index in [1.165, 1.54) is 0 Å². The van der Waals surface area contributed by atoms with Crippen molar-refractivity contribution in [1.29, 1.82) is 0 Å². The maximum Gasteiger partial charge on any atom is 0.221 e. The lowest BCUT2D eigenvalue weighted by atomic mass is 10.1. The van der Waals surface area contributed by atoms with Gasteiger partial charge in [0.25, 0.3) is 0 Å². The first-order valence-electron chi connectivity index (χ1n) is 4.67. The summed E-state index contributed by atoms with van der Waals surface area (Å²) in [4.78, 5) is 0. The predicted octanol–water partition coefficient (Wildman–Crippen LogP) is 2.13. The molecule has 3 N–H and O–H groups in total. The van der Waals surface area contributed by atoms with Crippen molar-refractivity contribution in [3.63, 3.8) is 0 Å². The highest BCUT2D eigenvalue weighted by Gasteiger charge is 2.11. The van der Waals surface area contributed by atoms with Crippen LogP contribution in [0.1, 0.15) is 18.5 Å². The Kier molecular flexibility index (Phi) is 2.55. The van der Waals surface area contributed by atoms with Crippen molar-refractivity contribution in [1.82, 2.24) is 14.8 Å². The summed E-state index contributed by atoms with van der Waals surface area (Å²) in [5.74, 6) is 0.413. The zero-order valence-corrected chi connectivity index (χ0v) is 9.16. The lowest BCUT2D eigenvalue weighted by molar-refractivity contribution is 0.637. The molecule has 4 nitrogen and oxygen atoms in total. The second kappa shape index (κ2) is 3.86. The van der Waals surface area contributed by atoms with E-state index in [0.717, 1.165) is 5.56 Å². The molecule has 0 fully saturated rings. The van der Waals surface area contributed by atoms with Crippen LogP contribution >= 0.6 is 12.2 Å². The Labute approximate surface area is 92.7 Å². The van der Waals surface area contributed by atoms with Crippen LogP contribution in [-0.4, -0.2) is 14.8 Å². The van der Waals surface area contributed by atoms with Gasteiger partial charge in [0.1, 0.15) is 0 Å². The van der Waals surface area contributed by atoms with Crippen LogP contribution in [0, 0.1) is 4.77 Å². The zero-order chi connectivity index (χ0) is 10.8. The van der Waals surface area contributed by atoms with E-state index in [-0.39, 0.29) is 6.04 Å². The van der Waals surface area contributed by atoms with E-state index in [4.69, 9.17) is 18.0 Å². The molecule has 0 amide bonds. The van der Waals surface area contributed by atoms with Gasteiger partial charge in [0.05, 0.1) is 6.04 Å². The van der Waals surface area contributed by atoms with Crippen LogP contribution in [0.15, 0.2) is 30.3 Å². The Morgan fingerprint density at radius 1 is 1.40 bits per heavy atom. The second-order valence-corrected chi connectivity index (χ2v) is 3.73. The molecule has 0 saturated carbocycles. The molecule has 1 heterocycles. The Hall–Kier alpha value is -1.62. The molecule has 0 radical (unpaired) electrons. The first-order valence-corrected chi connectivity index (χ1v) is 5.08. The normalized spacial score (nSPS) is 12.6. The highest BCUT2D eigenvalue weighted by atomic mass is 32.1. The van der Waals surface area contributed by atoms with Crippen molar-refractivity contribution in [3.8, 4) is 0 Å². The highest BCUT2D eigenvalue weighted by Crippen LogP contribution is 2.19. The molecular formula is C10H12N4S. The highest BCUT2D eigenvalue weighted by molar-refractivity contribution is 7.71. The summed E-state index contributed by atoms with van der Waals surface area (Å²) in [7, 11) is 0. The monoisotopic (exact) mass is 220 g/mol.